The molecule has 0 radical (unpaired) electrons. The molecule has 3 nitrogen and oxygen atoms in total. The Morgan fingerprint density at radius 3 is 3.05 bits per heavy atom. The van der Waals surface area contributed by atoms with Crippen molar-refractivity contribution in [3.63, 3.8) is 0 Å². The van der Waals surface area contributed by atoms with Crippen LogP contribution in [0, 0.1) is 5.41 Å². The van der Waals surface area contributed by atoms with Crippen LogP contribution in [0.15, 0.2) is 18.2 Å². The summed E-state index contributed by atoms with van der Waals surface area (Å²) in [5.74, 6) is 0. The second-order valence-electron chi connectivity index (χ2n) is 6.39. The van der Waals surface area contributed by atoms with Gasteiger partial charge in [0.2, 0.25) is 0 Å². The number of nitrogens with zero attached hydrogens (tertiary/aromatic N) is 1. The SMILES string of the molecule is Cl.c1cc2c(c(CN3CCOCC4(CC4)C3)c1)NCC2. The van der Waals surface area contributed by atoms with Gasteiger partial charge in [-0.1, -0.05) is 18.2 Å². The van der Waals surface area contributed by atoms with E-state index in [0.29, 0.717) is 5.41 Å². The van der Waals surface area contributed by atoms with Gasteiger partial charge in [0.15, 0.2) is 0 Å². The van der Waals surface area contributed by atoms with E-state index in [-0.39, 0.29) is 12.4 Å². The van der Waals surface area contributed by atoms with Gasteiger partial charge in [-0.15, -0.1) is 12.4 Å². The van der Waals surface area contributed by atoms with Crippen molar-refractivity contribution in [2.75, 3.05) is 38.2 Å². The summed E-state index contributed by atoms with van der Waals surface area (Å²) >= 11 is 0. The molecule has 1 saturated heterocycles. The van der Waals surface area contributed by atoms with Crippen LogP contribution in [-0.4, -0.2) is 37.7 Å². The molecule has 2 heterocycles. The molecule has 0 atom stereocenters. The predicted octanol–water partition coefficient (Wildman–Crippen LogP) is 2.69. The third-order valence-electron chi connectivity index (χ3n) is 4.80. The van der Waals surface area contributed by atoms with Crippen LogP contribution >= 0.6 is 12.4 Å². The summed E-state index contributed by atoms with van der Waals surface area (Å²) in [6.45, 7) is 6.33. The van der Waals surface area contributed by atoms with Crippen LogP contribution in [-0.2, 0) is 17.7 Å². The van der Waals surface area contributed by atoms with Crippen LogP contribution in [0.2, 0.25) is 0 Å². The molecular weight excluding hydrogens is 272 g/mol. The molecule has 1 aliphatic carbocycles. The average molecular weight is 295 g/mol. The normalized spacial score (nSPS) is 23.6. The summed E-state index contributed by atoms with van der Waals surface area (Å²) in [4.78, 5) is 2.59. The lowest BCUT2D eigenvalue weighted by Crippen LogP contribution is -2.30. The minimum absolute atomic E-state index is 0. The lowest BCUT2D eigenvalue weighted by Gasteiger charge is -2.24. The molecule has 1 aromatic carbocycles. The highest BCUT2D eigenvalue weighted by atomic mass is 35.5. The zero-order valence-corrected chi connectivity index (χ0v) is 12.7. The number of hydrogen-bond acceptors (Lipinski definition) is 3. The third kappa shape index (κ3) is 2.67. The highest BCUT2D eigenvalue weighted by Crippen LogP contribution is 2.47. The van der Waals surface area contributed by atoms with Gasteiger partial charge >= 0.3 is 0 Å². The van der Waals surface area contributed by atoms with Crippen molar-refractivity contribution < 1.29 is 4.74 Å². The molecule has 20 heavy (non-hydrogen) atoms. The van der Waals surface area contributed by atoms with E-state index in [1.807, 2.05) is 0 Å². The predicted molar refractivity (Wildman–Crippen MR) is 83.6 cm³/mol. The van der Waals surface area contributed by atoms with E-state index in [1.54, 1.807) is 0 Å². The molecule has 110 valence electrons. The molecule has 4 heteroatoms. The lowest BCUT2D eigenvalue weighted by molar-refractivity contribution is 0.115. The van der Waals surface area contributed by atoms with Crippen molar-refractivity contribution in [2.24, 2.45) is 5.41 Å². The van der Waals surface area contributed by atoms with Gasteiger partial charge in [-0.2, -0.15) is 0 Å². The van der Waals surface area contributed by atoms with E-state index in [1.165, 1.54) is 42.6 Å². The van der Waals surface area contributed by atoms with Crippen LogP contribution in [0.5, 0.6) is 0 Å². The topological polar surface area (TPSA) is 24.5 Å². The van der Waals surface area contributed by atoms with Gasteiger partial charge in [-0.25, -0.2) is 0 Å². The molecule has 3 aliphatic rings. The van der Waals surface area contributed by atoms with Gasteiger partial charge in [-0.05, 0) is 30.4 Å². The number of para-hydroxylation sites is 1. The quantitative estimate of drug-likeness (QED) is 0.908. The molecule has 0 bridgehead atoms. The monoisotopic (exact) mass is 294 g/mol. The highest BCUT2D eigenvalue weighted by Gasteiger charge is 2.45. The number of fused-ring (bicyclic) bond motifs is 1. The summed E-state index contributed by atoms with van der Waals surface area (Å²) < 4.78 is 5.78. The van der Waals surface area contributed by atoms with Crippen LogP contribution < -0.4 is 5.32 Å². The van der Waals surface area contributed by atoms with Crippen LogP contribution in [0.3, 0.4) is 0 Å². The van der Waals surface area contributed by atoms with Gasteiger partial charge in [0.25, 0.3) is 0 Å². The second kappa shape index (κ2) is 5.55. The van der Waals surface area contributed by atoms with E-state index in [0.717, 1.165) is 32.8 Å². The van der Waals surface area contributed by atoms with Gasteiger partial charge in [0, 0.05) is 37.3 Å². The molecule has 1 aromatic rings. The summed E-state index contributed by atoms with van der Waals surface area (Å²) in [6, 6.07) is 6.75. The largest absolute Gasteiger partial charge is 0.384 e. The summed E-state index contributed by atoms with van der Waals surface area (Å²) in [5, 5.41) is 3.55. The Kier molecular flexibility index (Phi) is 3.93. The Labute approximate surface area is 127 Å². The van der Waals surface area contributed by atoms with Gasteiger partial charge < -0.3 is 10.1 Å². The molecule has 1 spiro atoms. The van der Waals surface area contributed by atoms with E-state index in [2.05, 4.69) is 28.4 Å². The Balaban J connectivity index is 0.00000121. The van der Waals surface area contributed by atoms with Crippen molar-refractivity contribution in [3.8, 4) is 0 Å². The van der Waals surface area contributed by atoms with Crippen molar-refractivity contribution in [2.45, 2.75) is 25.8 Å². The summed E-state index contributed by atoms with van der Waals surface area (Å²) in [7, 11) is 0. The smallest absolute Gasteiger partial charge is 0.0593 e. The number of halogens is 1. The zero-order valence-electron chi connectivity index (χ0n) is 11.9. The maximum absolute atomic E-state index is 5.78. The fourth-order valence-electron chi connectivity index (χ4n) is 3.48. The van der Waals surface area contributed by atoms with E-state index in [4.69, 9.17) is 4.74 Å². The van der Waals surface area contributed by atoms with Gasteiger partial charge in [-0.3, -0.25) is 4.90 Å². The molecule has 0 aromatic heterocycles. The van der Waals surface area contributed by atoms with Crippen molar-refractivity contribution in [3.05, 3.63) is 29.3 Å². The Bertz CT molecular complexity index is 487. The van der Waals surface area contributed by atoms with Crippen LogP contribution in [0.25, 0.3) is 0 Å². The minimum atomic E-state index is 0. The maximum atomic E-state index is 5.78. The summed E-state index contributed by atoms with van der Waals surface area (Å²) in [5.41, 5.74) is 4.86. The summed E-state index contributed by atoms with van der Waals surface area (Å²) in [6.07, 6.45) is 3.89. The molecule has 2 fully saturated rings. The van der Waals surface area contributed by atoms with E-state index < -0.39 is 0 Å². The van der Waals surface area contributed by atoms with Crippen LogP contribution in [0.4, 0.5) is 5.69 Å². The first-order valence-electron chi connectivity index (χ1n) is 7.49. The Hall–Kier alpha value is -0.770. The van der Waals surface area contributed by atoms with E-state index in [9.17, 15) is 0 Å². The standard InChI is InChI=1S/C16H22N2O.ClH/c1-2-13-4-7-17-15(13)14(3-1)10-18-8-9-19-12-16(11-18)5-6-16;/h1-3,17H,4-12H2;1H. The number of rotatable bonds is 2. The molecule has 2 aliphatic heterocycles. The molecule has 0 amide bonds. The maximum Gasteiger partial charge on any atom is 0.0593 e. The van der Waals surface area contributed by atoms with Crippen molar-refractivity contribution in [1.29, 1.82) is 0 Å². The van der Waals surface area contributed by atoms with Crippen molar-refractivity contribution >= 4 is 18.1 Å². The fraction of sp³-hybridized carbons (Fsp3) is 0.625. The number of nitrogens with one attached hydrogen (secondary N) is 1. The zero-order chi connectivity index (χ0) is 12.7. The number of hydrogen-bond donors (Lipinski definition) is 1. The molecule has 0 unspecified atom stereocenters. The lowest BCUT2D eigenvalue weighted by atomic mass is 10.1. The average Bonchev–Trinajstić information content (AvgIpc) is 3.06. The Morgan fingerprint density at radius 2 is 2.20 bits per heavy atom. The first-order chi connectivity index (χ1) is 9.35. The van der Waals surface area contributed by atoms with Gasteiger partial charge in [0.05, 0.1) is 13.2 Å². The number of ether oxygens (including phenoxy) is 1. The van der Waals surface area contributed by atoms with Crippen molar-refractivity contribution in [1.82, 2.24) is 4.90 Å². The third-order valence-corrected chi connectivity index (χ3v) is 4.80. The van der Waals surface area contributed by atoms with E-state index >= 15 is 0 Å². The van der Waals surface area contributed by atoms with Gasteiger partial charge in [0.1, 0.15) is 0 Å². The molecule has 1 saturated carbocycles. The first kappa shape index (κ1) is 14.2. The first-order valence-corrected chi connectivity index (χ1v) is 7.49. The molecule has 1 N–H and O–H groups in total. The minimum Gasteiger partial charge on any atom is -0.384 e. The van der Waals surface area contributed by atoms with Crippen LogP contribution in [0.1, 0.15) is 24.0 Å². The molecular formula is C16H23ClN2O. The number of anilines is 1. The fourth-order valence-corrected chi connectivity index (χ4v) is 3.48. The molecule has 4 rings (SSSR count). The highest BCUT2D eigenvalue weighted by molar-refractivity contribution is 5.85. The number of benzene rings is 1. The Morgan fingerprint density at radius 1 is 1.30 bits per heavy atom. The second-order valence-corrected chi connectivity index (χ2v) is 6.39.